The molecule has 0 aliphatic heterocycles. The van der Waals surface area contributed by atoms with Crippen molar-refractivity contribution in [2.45, 2.75) is 20.8 Å². The molecule has 0 aliphatic rings. The zero-order chi connectivity index (χ0) is 12.0. The summed E-state index contributed by atoms with van der Waals surface area (Å²) >= 11 is 0. The number of rotatable bonds is 1. The average molecular weight is 225 g/mol. The number of aromatic amines is 1. The molecule has 0 saturated carbocycles. The minimum absolute atomic E-state index is 1.04. The summed E-state index contributed by atoms with van der Waals surface area (Å²) in [5, 5.41) is 5.78. The molecule has 0 bridgehead atoms. The lowest BCUT2D eigenvalue weighted by Gasteiger charge is -2.02. The largest absolute Gasteiger partial charge is 0.339 e. The molecule has 1 N–H and O–H groups in total. The Hall–Kier alpha value is -2.03. The van der Waals surface area contributed by atoms with Crippen molar-refractivity contribution in [3.05, 3.63) is 47.3 Å². The Kier molecular flexibility index (Phi) is 2.08. The highest BCUT2D eigenvalue weighted by atomic mass is 15.3. The highest BCUT2D eigenvalue weighted by molar-refractivity contribution is 5.86. The van der Waals surface area contributed by atoms with Gasteiger partial charge in [-0.2, -0.15) is 5.10 Å². The molecule has 3 rings (SSSR count). The summed E-state index contributed by atoms with van der Waals surface area (Å²) in [5.41, 5.74) is 4.59. The number of nitrogens with zero attached hydrogens (tertiary/aromatic N) is 2. The third-order valence-electron chi connectivity index (χ3n) is 3.16. The zero-order valence-electron chi connectivity index (χ0n) is 10.3. The van der Waals surface area contributed by atoms with Crippen LogP contribution in [0.4, 0.5) is 0 Å². The molecule has 2 heterocycles. The van der Waals surface area contributed by atoms with Crippen molar-refractivity contribution in [2.75, 3.05) is 0 Å². The lowest BCUT2D eigenvalue weighted by molar-refractivity contribution is 0.809. The van der Waals surface area contributed by atoms with Gasteiger partial charge in [0.15, 0.2) is 0 Å². The van der Waals surface area contributed by atoms with Gasteiger partial charge in [-0.3, -0.25) is 0 Å². The van der Waals surface area contributed by atoms with E-state index >= 15 is 0 Å². The molecule has 0 amide bonds. The lowest BCUT2D eigenvalue weighted by atomic mass is 10.2. The van der Waals surface area contributed by atoms with Gasteiger partial charge in [0, 0.05) is 22.2 Å². The molecular formula is C14H15N3. The third-order valence-corrected chi connectivity index (χ3v) is 3.16. The van der Waals surface area contributed by atoms with Gasteiger partial charge in [0.25, 0.3) is 0 Å². The first-order valence-electron chi connectivity index (χ1n) is 5.78. The number of nitrogens with one attached hydrogen (secondary N) is 1. The molecule has 3 heteroatoms. The topological polar surface area (TPSA) is 33.6 Å². The predicted octanol–water partition coefficient (Wildman–Crippen LogP) is 3.28. The molecule has 0 aliphatic carbocycles. The summed E-state index contributed by atoms with van der Waals surface area (Å²) in [4.78, 5) is 3.43. The number of hydrogen-bond donors (Lipinski definition) is 1. The van der Waals surface area contributed by atoms with Crippen LogP contribution in [0.25, 0.3) is 16.7 Å². The van der Waals surface area contributed by atoms with Gasteiger partial charge in [0.1, 0.15) is 5.82 Å². The monoisotopic (exact) mass is 225 g/mol. The zero-order valence-corrected chi connectivity index (χ0v) is 10.3. The van der Waals surface area contributed by atoms with Crippen molar-refractivity contribution in [1.82, 2.24) is 14.8 Å². The van der Waals surface area contributed by atoms with Gasteiger partial charge in [-0.25, -0.2) is 4.68 Å². The highest BCUT2D eigenvalue weighted by Gasteiger charge is 2.11. The summed E-state index contributed by atoms with van der Waals surface area (Å²) in [6, 6.07) is 10.4. The summed E-state index contributed by atoms with van der Waals surface area (Å²) in [7, 11) is 0. The van der Waals surface area contributed by atoms with Crippen molar-refractivity contribution in [2.24, 2.45) is 0 Å². The second-order valence-electron chi connectivity index (χ2n) is 4.48. The van der Waals surface area contributed by atoms with Crippen LogP contribution in [-0.4, -0.2) is 14.8 Å². The van der Waals surface area contributed by atoms with E-state index < -0.39 is 0 Å². The van der Waals surface area contributed by atoms with Crippen molar-refractivity contribution in [1.29, 1.82) is 0 Å². The van der Waals surface area contributed by atoms with Crippen LogP contribution in [0.2, 0.25) is 0 Å². The van der Waals surface area contributed by atoms with Crippen molar-refractivity contribution in [3.63, 3.8) is 0 Å². The third kappa shape index (κ3) is 1.46. The van der Waals surface area contributed by atoms with Gasteiger partial charge < -0.3 is 4.98 Å². The summed E-state index contributed by atoms with van der Waals surface area (Å²) < 4.78 is 1.98. The molecule has 0 spiro atoms. The molecule has 0 fully saturated rings. The van der Waals surface area contributed by atoms with Crippen LogP contribution in [0.15, 0.2) is 30.3 Å². The minimum Gasteiger partial charge on any atom is -0.339 e. The maximum atomic E-state index is 4.52. The predicted molar refractivity (Wildman–Crippen MR) is 69.6 cm³/mol. The Morgan fingerprint density at radius 2 is 1.88 bits per heavy atom. The Morgan fingerprint density at radius 1 is 1.12 bits per heavy atom. The van der Waals surface area contributed by atoms with Crippen LogP contribution in [-0.2, 0) is 0 Å². The standard InChI is InChI=1S/C14H15N3/c1-9-8-10(2)17(16-9)14-11(3)12-6-4-5-7-13(12)15-14/h4-8,15H,1-3H3. The normalized spacial score (nSPS) is 11.2. The first-order valence-corrected chi connectivity index (χ1v) is 5.78. The van der Waals surface area contributed by atoms with Crippen LogP contribution in [0.3, 0.4) is 0 Å². The minimum atomic E-state index is 1.04. The fourth-order valence-corrected chi connectivity index (χ4v) is 2.34. The number of benzene rings is 1. The Labute approximate surface area is 100 Å². The molecule has 0 atom stereocenters. The van der Waals surface area contributed by atoms with Gasteiger partial charge in [-0.1, -0.05) is 18.2 Å². The molecule has 2 aromatic heterocycles. The van der Waals surface area contributed by atoms with Crippen molar-refractivity contribution in [3.8, 4) is 5.82 Å². The molecule has 0 radical (unpaired) electrons. The van der Waals surface area contributed by atoms with E-state index in [1.165, 1.54) is 10.9 Å². The van der Waals surface area contributed by atoms with Crippen LogP contribution in [0.5, 0.6) is 0 Å². The fourth-order valence-electron chi connectivity index (χ4n) is 2.34. The maximum absolute atomic E-state index is 4.52. The SMILES string of the molecule is Cc1cc(C)n(-c2[nH]c3ccccc3c2C)n1. The number of H-pyrrole nitrogens is 1. The number of aromatic nitrogens is 3. The van der Waals surface area contributed by atoms with Crippen LogP contribution >= 0.6 is 0 Å². The number of fused-ring (bicyclic) bond motifs is 1. The molecule has 0 unspecified atom stereocenters. The van der Waals surface area contributed by atoms with E-state index in [0.717, 1.165) is 22.7 Å². The summed E-state index contributed by atoms with van der Waals surface area (Å²) in [6.45, 7) is 6.22. The number of para-hydroxylation sites is 1. The number of aryl methyl sites for hydroxylation is 3. The first kappa shape index (κ1) is 10.1. The van der Waals surface area contributed by atoms with Gasteiger partial charge in [0.05, 0.1) is 5.69 Å². The molecule has 3 aromatic rings. The molecule has 3 nitrogen and oxygen atoms in total. The van der Waals surface area contributed by atoms with Gasteiger partial charge in [0.2, 0.25) is 0 Å². The highest BCUT2D eigenvalue weighted by Crippen LogP contribution is 2.24. The van der Waals surface area contributed by atoms with Crippen molar-refractivity contribution < 1.29 is 0 Å². The molecule has 86 valence electrons. The number of hydrogen-bond acceptors (Lipinski definition) is 1. The van der Waals surface area contributed by atoms with E-state index in [9.17, 15) is 0 Å². The smallest absolute Gasteiger partial charge is 0.135 e. The summed E-state index contributed by atoms with van der Waals surface area (Å²) in [5.74, 6) is 1.07. The quantitative estimate of drug-likeness (QED) is 0.677. The molecule has 0 saturated heterocycles. The van der Waals surface area contributed by atoms with E-state index in [1.807, 2.05) is 17.7 Å². The fraction of sp³-hybridized carbons (Fsp3) is 0.214. The van der Waals surface area contributed by atoms with Crippen LogP contribution in [0, 0.1) is 20.8 Å². The Balaban J connectivity index is 2.31. The van der Waals surface area contributed by atoms with Crippen LogP contribution in [0.1, 0.15) is 17.0 Å². The van der Waals surface area contributed by atoms with Gasteiger partial charge >= 0.3 is 0 Å². The molecule has 1 aromatic carbocycles. The van der Waals surface area contributed by atoms with Crippen molar-refractivity contribution >= 4 is 10.9 Å². The molecule has 17 heavy (non-hydrogen) atoms. The lowest BCUT2D eigenvalue weighted by Crippen LogP contribution is -2.00. The summed E-state index contributed by atoms with van der Waals surface area (Å²) in [6.07, 6.45) is 0. The van der Waals surface area contributed by atoms with E-state index in [2.05, 4.69) is 48.2 Å². The Morgan fingerprint density at radius 3 is 2.53 bits per heavy atom. The van der Waals surface area contributed by atoms with E-state index in [-0.39, 0.29) is 0 Å². The Bertz CT molecular complexity index is 689. The average Bonchev–Trinajstić information content (AvgIpc) is 2.80. The van der Waals surface area contributed by atoms with E-state index in [4.69, 9.17) is 0 Å². The second-order valence-corrected chi connectivity index (χ2v) is 4.48. The maximum Gasteiger partial charge on any atom is 0.135 e. The van der Waals surface area contributed by atoms with Gasteiger partial charge in [-0.05, 0) is 32.9 Å². The first-order chi connectivity index (χ1) is 8.16. The van der Waals surface area contributed by atoms with Crippen LogP contribution < -0.4 is 0 Å². The van der Waals surface area contributed by atoms with E-state index in [1.54, 1.807) is 0 Å². The second kappa shape index (κ2) is 3.48. The van der Waals surface area contributed by atoms with E-state index in [0.29, 0.717) is 0 Å². The molecular weight excluding hydrogens is 210 g/mol. The van der Waals surface area contributed by atoms with Gasteiger partial charge in [-0.15, -0.1) is 0 Å².